The molecule has 1 aliphatic carbocycles. The molecule has 124 valence electrons. The lowest BCUT2D eigenvalue weighted by Crippen LogP contribution is -2.49. The molecule has 0 unspecified atom stereocenters. The summed E-state index contributed by atoms with van der Waals surface area (Å²) in [6.45, 7) is 1.74. The topological polar surface area (TPSA) is 60.9 Å². The van der Waals surface area contributed by atoms with Crippen LogP contribution in [0.1, 0.15) is 37.7 Å². The summed E-state index contributed by atoms with van der Waals surface area (Å²) >= 11 is 0. The Bertz CT molecular complexity index is 608. The van der Waals surface area contributed by atoms with Crippen LogP contribution >= 0.6 is 0 Å². The van der Waals surface area contributed by atoms with Gasteiger partial charge in [0.1, 0.15) is 0 Å². The maximum atomic E-state index is 12.1. The summed E-state index contributed by atoms with van der Waals surface area (Å²) in [4.78, 5) is 27.9. The van der Waals surface area contributed by atoms with Crippen LogP contribution in [0.25, 0.3) is 0 Å². The van der Waals surface area contributed by atoms with Gasteiger partial charge >= 0.3 is 5.97 Å². The highest BCUT2D eigenvalue weighted by atomic mass is 16.4. The van der Waals surface area contributed by atoms with Crippen molar-refractivity contribution in [2.45, 2.75) is 37.5 Å². The first-order valence-electron chi connectivity index (χ1n) is 8.36. The Morgan fingerprint density at radius 1 is 1.13 bits per heavy atom. The summed E-state index contributed by atoms with van der Waals surface area (Å²) in [5.41, 5.74) is 0.990. The minimum absolute atomic E-state index is 0.0825. The molecule has 1 aliphatic heterocycles. The standard InChI is InChI=1S/C18H24N2O3/c1-19-11-12-20(13-16(19)21)15-8-4-3-7-14(15)18(17(22)23)9-5-2-6-10-18/h3-4,7-8H,2,5-6,9-13H2,1H3,(H,22,23). The average Bonchev–Trinajstić information content (AvgIpc) is 2.58. The van der Waals surface area contributed by atoms with E-state index in [1.54, 1.807) is 4.90 Å². The van der Waals surface area contributed by atoms with Crippen molar-refractivity contribution in [2.24, 2.45) is 0 Å². The Labute approximate surface area is 136 Å². The van der Waals surface area contributed by atoms with Crippen molar-refractivity contribution >= 4 is 17.6 Å². The van der Waals surface area contributed by atoms with Crippen LogP contribution < -0.4 is 4.90 Å². The molecule has 2 fully saturated rings. The maximum Gasteiger partial charge on any atom is 0.314 e. The van der Waals surface area contributed by atoms with Gasteiger partial charge in [0.25, 0.3) is 0 Å². The van der Waals surface area contributed by atoms with Crippen LogP contribution in [-0.2, 0) is 15.0 Å². The molecule has 1 heterocycles. The number of benzene rings is 1. The third-order valence-corrected chi connectivity index (χ3v) is 5.33. The van der Waals surface area contributed by atoms with Gasteiger partial charge in [-0.2, -0.15) is 0 Å². The molecule has 0 spiro atoms. The summed E-state index contributed by atoms with van der Waals surface area (Å²) in [5, 5.41) is 9.97. The van der Waals surface area contributed by atoms with E-state index in [1.807, 2.05) is 36.2 Å². The van der Waals surface area contributed by atoms with Crippen molar-refractivity contribution in [3.05, 3.63) is 29.8 Å². The molecule has 1 saturated heterocycles. The van der Waals surface area contributed by atoms with Gasteiger partial charge in [0.15, 0.2) is 0 Å². The molecule has 0 atom stereocenters. The van der Waals surface area contributed by atoms with E-state index >= 15 is 0 Å². The Morgan fingerprint density at radius 2 is 1.83 bits per heavy atom. The molecule has 1 aromatic rings. The van der Waals surface area contributed by atoms with Crippen LogP contribution in [0.4, 0.5) is 5.69 Å². The molecule has 0 bridgehead atoms. The molecule has 1 saturated carbocycles. The van der Waals surface area contributed by atoms with Crippen LogP contribution in [0.2, 0.25) is 0 Å². The lowest BCUT2D eigenvalue weighted by Gasteiger charge is -2.39. The molecule has 1 N–H and O–H groups in total. The number of anilines is 1. The van der Waals surface area contributed by atoms with E-state index in [1.165, 1.54) is 0 Å². The van der Waals surface area contributed by atoms with E-state index in [0.29, 0.717) is 25.9 Å². The van der Waals surface area contributed by atoms with E-state index < -0.39 is 11.4 Å². The zero-order valence-electron chi connectivity index (χ0n) is 13.6. The molecule has 0 radical (unpaired) electrons. The van der Waals surface area contributed by atoms with Crippen molar-refractivity contribution < 1.29 is 14.7 Å². The molecule has 5 heteroatoms. The van der Waals surface area contributed by atoms with E-state index in [2.05, 4.69) is 0 Å². The normalized spacial score (nSPS) is 21.3. The van der Waals surface area contributed by atoms with E-state index in [-0.39, 0.29) is 5.91 Å². The number of para-hydroxylation sites is 1. The number of carbonyl (C=O) groups excluding carboxylic acids is 1. The summed E-state index contributed by atoms with van der Waals surface area (Å²) in [5.74, 6) is -0.649. The number of carbonyl (C=O) groups is 2. The number of hydrogen-bond acceptors (Lipinski definition) is 3. The number of likely N-dealkylation sites (N-methyl/N-ethyl adjacent to an activating group) is 1. The summed E-state index contributed by atoms with van der Waals surface area (Å²) in [6.07, 6.45) is 4.36. The van der Waals surface area contributed by atoms with E-state index in [0.717, 1.165) is 37.1 Å². The quantitative estimate of drug-likeness (QED) is 0.929. The van der Waals surface area contributed by atoms with Crippen molar-refractivity contribution in [1.82, 2.24) is 4.90 Å². The smallest absolute Gasteiger partial charge is 0.314 e. The molecular formula is C18H24N2O3. The first kappa shape index (κ1) is 15.8. The third-order valence-electron chi connectivity index (χ3n) is 5.33. The zero-order chi connectivity index (χ0) is 16.4. The second-order valence-corrected chi connectivity index (χ2v) is 6.70. The number of hydrogen-bond donors (Lipinski definition) is 1. The predicted molar refractivity (Wildman–Crippen MR) is 88.7 cm³/mol. The number of carboxylic acids is 1. The fourth-order valence-electron chi connectivity index (χ4n) is 3.87. The van der Waals surface area contributed by atoms with E-state index in [9.17, 15) is 14.7 Å². The fraction of sp³-hybridized carbons (Fsp3) is 0.556. The minimum Gasteiger partial charge on any atom is -0.481 e. The van der Waals surface area contributed by atoms with Gasteiger partial charge in [-0.15, -0.1) is 0 Å². The molecular weight excluding hydrogens is 292 g/mol. The Kier molecular flexibility index (Phi) is 4.28. The van der Waals surface area contributed by atoms with Gasteiger partial charge in [0.2, 0.25) is 5.91 Å². The third kappa shape index (κ3) is 2.80. The molecule has 1 amide bonds. The van der Waals surface area contributed by atoms with Crippen molar-refractivity contribution in [1.29, 1.82) is 0 Å². The van der Waals surface area contributed by atoms with Crippen LogP contribution in [-0.4, -0.2) is 48.6 Å². The SMILES string of the molecule is CN1CCN(c2ccccc2C2(C(=O)O)CCCCC2)CC1=O. The van der Waals surface area contributed by atoms with E-state index in [4.69, 9.17) is 0 Å². The average molecular weight is 316 g/mol. The Balaban J connectivity index is 2.00. The first-order valence-corrected chi connectivity index (χ1v) is 8.36. The van der Waals surface area contributed by atoms with Crippen LogP contribution in [0.15, 0.2) is 24.3 Å². The number of carboxylic acid groups (broad SMARTS) is 1. The number of nitrogens with zero attached hydrogens (tertiary/aromatic N) is 2. The van der Waals surface area contributed by atoms with Gasteiger partial charge in [-0.3, -0.25) is 9.59 Å². The fourth-order valence-corrected chi connectivity index (χ4v) is 3.87. The zero-order valence-corrected chi connectivity index (χ0v) is 13.6. The number of rotatable bonds is 3. The highest BCUT2D eigenvalue weighted by Gasteiger charge is 2.43. The first-order chi connectivity index (χ1) is 11.0. The van der Waals surface area contributed by atoms with Crippen LogP contribution in [0.3, 0.4) is 0 Å². The highest BCUT2D eigenvalue weighted by Crippen LogP contribution is 2.43. The minimum atomic E-state index is -0.804. The summed E-state index contributed by atoms with van der Waals surface area (Å²) in [6, 6.07) is 7.75. The van der Waals surface area contributed by atoms with Gasteiger partial charge in [0.05, 0.1) is 12.0 Å². The molecule has 23 heavy (non-hydrogen) atoms. The monoisotopic (exact) mass is 316 g/mol. The summed E-state index contributed by atoms with van der Waals surface area (Å²) in [7, 11) is 1.81. The largest absolute Gasteiger partial charge is 0.481 e. The Hall–Kier alpha value is -2.04. The number of piperazine rings is 1. The van der Waals surface area contributed by atoms with Crippen molar-refractivity contribution in [3.63, 3.8) is 0 Å². The lowest BCUT2D eigenvalue weighted by molar-refractivity contribution is -0.145. The predicted octanol–water partition coefficient (Wildman–Crippen LogP) is 2.25. The van der Waals surface area contributed by atoms with Crippen molar-refractivity contribution in [2.75, 3.05) is 31.6 Å². The molecule has 0 aromatic heterocycles. The van der Waals surface area contributed by atoms with Crippen LogP contribution in [0, 0.1) is 0 Å². The van der Waals surface area contributed by atoms with Gasteiger partial charge in [-0.25, -0.2) is 0 Å². The molecule has 1 aromatic carbocycles. The van der Waals surface area contributed by atoms with Crippen molar-refractivity contribution in [3.8, 4) is 0 Å². The summed E-state index contributed by atoms with van der Waals surface area (Å²) < 4.78 is 0. The molecule has 3 rings (SSSR count). The number of aliphatic carboxylic acids is 1. The second-order valence-electron chi connectivity index (χ2n) is 6.70. The van der Waals surface area contributed by atoms with Gasteiger partial charge in [-0.1, -0.05) is 37.5 Å². The van der Waals surface area contributed by atoms with Crippen LogP contribution in [0.5, 0.6) is 0 Å². The lowest BCUT2D eigenvalue weighted by atomic mass is 9.69. The van der Waals surface area contributed by atoms with Gasteiger partial charge < -0.3 is 14.9 Å². The highest BCUT2D eigenvalue weighted by molar-refractivity contribution is 5.87. The molecule has 2 aliphatic rings. The maximum absolute atomic E-state index is 12.1. The molecule has 5 nitrogen and oxygen atoms in total. The Morgan fingerprint density at radius 3 is 2.48 bits per heavy atom. The van der Waals surface area contributed by atoms with Gasteiger partial charge in [-0.05, 0) is 24.5 Å². The second kappa shape index (κ2) is 6.22. The van der Waals surface area contributed by atoms with Gasteiger partial charge in [0, 0.05) is 25.8 Å². The number of amides is 1.